The second-order valence-electron chi connectivity index (χ2n) is 2.82. The first kappa shape index (κ1) is 10.1. The fourth-order valence-electron chi connectivity index (χ4n) is 1.16. The highest BCUT2D eigenvalue weighted by atomic mass is 19.1. The molecule has 72 valence electrons. The van der Waals surface area contributed by atoms with Crippen LogP contribution in [-0.4, -0.2) is 4.92 Å². The van der Waals surface area contributed by atoms with Crippen molar-refractivity contribution in [1.29, 1.82) is 5.26 Å². The third kappa shape index (κ3) is 1.85. The molecule has 4 nitrogen and oxygen atoms in total. The monoisotopic (exact) mass is 194 g/mol. The highest BCUT2D eigenvalue weighted by Crippen LogP contribution is 2.21. The Balaban J connectivity index is 3.26. The van der Waals surface area contributed by atoms with Gasteiger partial charge in [-0.1, -0.05) is 0 Å². The lowest BCUT2D eigenvalue weighted by molar-refractivity contribution is -0.385. The highest BCUT2D eigenvalue weighted by Gasteiger charge is 2.13. The van der Waals surface area contributed by atoms with Crippen LogP contribution in [0.3, 0.4) is 0 Å². The number of benzene rings is 1. The van der Waals surface area contributed by atoms with Crippen molar-refractivity contribution in [2.45, 2.75) is 13.3 Å². The number of nitro benzene ring substituents is 1. The highest BCUT2D eigenvalue weighted by molar-refractivity contribution is 5.41. The molecule has 0 spiro atoms. The van der Waals surface area contributed by atoms with Gasteiger partial charge in [0.1, 0.15) is 5.82 Å². The first-order valence-corrected chi connectivity index (χ1v) is 3.86. The first-order chi connectivity index (χ1) is 6.56. The van der Waals surface area contributed by atoms with Gasteiger partial charge in [-0.3, -0.25) is 10.1 Å². The third-order valence-electron chi connectivity index (χ3n) is 1.87. The van der Waals surface area contributed by atoms with Gasteiger partial charge in [-0.2, -0.15) is 5.26 Å². The van der Waals surface area contributed by atoms with Gasteiger partial charge in [0.15, 0.2) is 0 Å². The number of non-ortho nitro benzene ring substituents is 1. The van der Waals surface area contributed by atoms with Crippen molar-refractivity contribution < 1.29 is 9.31 Å². The largest absolute Gasteiger partial charge is 0.272 e. The van der Waals surface area contributed by atoms with Crippen molar-refractivity contribution in [3.05, 3.63) is 39.2 Å². The van der Waals surface area contributed by atoms with Gasteiger partial charge in [-0.15, -0.1) is 0 Å². The summed E-state index contributed by atoms with van der Waals surface area (Å²) in [5.74, 6) is -0.696. The Morgan fingerprint density at radius 1 is 1.64 bits per heavy atom. The van der Waals surface area contributed by atoms with E-state index in [1.165, 1.54) is 6.07 Å². The number of rotatable bonds is 2. The number of halogens is 1. The molecule has 0 heterocycles. The molecule has 0 saturated carbocycles. The van der Waals surface area contributed by atoms with Crippen LogP contribution in [0.2, 0.25) is 0 Å². The molecule has 0 saturated heterocycles. The van der Waals surface area contributed by atoms with Crippen LogP contribution in [0.1, 0.15) is 11.1 Å². The van der Waals surface area contributed by atoms with Gasteiger partial charge in [0, 0.05) is 11.6 Å². The van der Waals surface area contributed by atoms with E-state index in [0.29, 0.717) is 5.56 Å². The van der Waals surface area contributed by atoms with E-state index in [9.17, 15) is 14.5 Å². The Bertz CT molecular complexity index is 400. The van der Waals surface area contributed by atoms with Gasteiger partial charge in [-0.25, -0.2) is 4.39 Å². The van der Waals surface area contributed by atoms with E-state index in [4.69, 9.17) is 5.26 Å². The average molecular weight is 194 g/mol. The lowest BCUT2D eigenvalue weighted by atomic mass is 10.0. The Hall–Kier alpha value is -1.96. The summed E-state index contributed by atoms with van der Waals surface area (Å²) in [6, 6.07) is 3.90. The Morgan fingerprint density at radius 2 is 2.29 bits per heavy atom. The zero-order chi connectivity index (χ0) is 10.7. The topological polar surface area (TPSA) is 66.9 Å². The predicted octanol–water partition coefficient (Wildman–Crippen LogP) is 2.11. The summed E-state index contributed by atoms with van der Waals surface area (Å²) in [4.78, 5) is 9.69. The maximum Gasteiger partial charge on any atom is 0.272 e. The molecule has 0 fully saturated rings. The third-order valence-corrected chi connectivity index (χ3v) is 1.87. The van der Waals surface area contributed by atoms with Crippen LogP contribution >= 0.6 is 0 Å². The second-order valence-corrected chi connectivity index (χ2v) is 2.82. The van der Waals surface area contributed by atoms with Gasteiger partial charge in [0.05, 0.1) is 23.5 Å². The van der Waals surface area contributed by atoms with Crippen LogP contribution in [0.25, 0.3) is 0 Å². The predicted molar refractivity (Wildman–Crippen MR) is 47.1 cm³/mol. The van der Waals surface area contributed by atoms with Crippen LogP contribution in [0.5, 0.6) is 0 Å². The smallest absolute Gasteiger partial charge is 0.258 e. The van der Waals surface area contributed by atoms with E-state index in [1.54, 1.807) is 13.0 Å². The summed E-state index contributed by atoms with van der Waals surface area (Å²) in [6.45, 7) is 1.54. The SMILES string of the molecule is Cc1cc([N+](=O)[O-])cc(F)c1CC#N. The van der Waals surface area contributed by atoms with Crippen molar-refractivity contribution in [2.24, 2.45) is 0 Å². The number of aryl methyl sites for hydroxylation is 1. The molecule has 1 aromatic carbocycles. The molecule has 0 N–H and O–H groups in total. The van der Waals surface area contributed by atoms with E-state index in [-0.39, 0.29) is 17.7 Å². The molecule has 0 unspecified atom stereocenters. The molecule has 0 bridgehead atoms. The van der Waals surface area contributed by atoms with Gasteiger partial charge >= 0.3 is 0 Å². The fourth-order valence-corrected chi connectivity index (χ4v) is 1.16. The molecule has 1 aromatic rings. The van der Waals surface area contributed by atoms with Gasteiger partial charge in [0.2, 0.25) is 0 Å². The fraction of sp³-hybridized carbons (Fsp3) is 0.222. The van der Waals surface area contributed by atoms with E-state index < -0.39 is 10.7 Å². The van der Waals surface area contributed by atoms with Crippen molar-refractivity contribution >= 4 is 5.69 Å². The Morgan fingerprint density at radius 3 is 2.71 bits per heavy atom. The molecular formula is C9H7FN2O2. The summed E-state index contributed by atoms with van der Waals surface area (Å²) in [5.41, 5.74) is 0.359. The van der Waals surface area contributed by atoms with Crippen LogP contribution in [0, 0.1) is 34.2 Å². The van der Waals surface area contributed by atoms with E-state index in [1.807, 2.05) is 0 Å². The van der Waals surface area contributed by atoms with Crippen LogP contribution in [0.15, 0.2) is 12.1 Å². The molecule has 1 rings (SSSR count). The van der Waals surface area contributed by atoms with Crippen molar-refractivity contribution in [2.75, 3.05) is 0 Å². The van der Waals surface area contributed by atoms with Crippen molar-refractivity contribution in [1.82, 2.24) is 0 Å². The van der Waals surface area contributed by atoms with Crippen LogP contribution in [-0.2, 0) is 6.42 Å². The summed E-state index contributed by atoms with van der Waals surface area (Å²) in [6.07, 6.45) is -0.0737. The molecule has 0 aliphatic rings. The van der Waals surface area contributed by atoms with E-state index in [2.05, 4.69) is 0 Å². The average Bonchev–Trinajstić information content (AvgIpc) is 2.10. The Labute approximate surface area is 79.7 Å². The van der Waals surface area contributed by atoms with Gasteiger partial charge in [0.25, 0.3) is 5.69 Å². The molecule has 5 heteroatoms. The zero-order valence-corrected chi connectivity index (χ0v) is 7.45. The summed E-state index contributed by atoms with van der Waals surface area (Å²) in [7, 11) is 0. The standard InChI is InChI=1S/C9H7FN2O2/c1-6-4-7(12(13)14)5-9(10)8(6)2-3-11/h4-5H,2H2,1H3. The molecule has 0 amide bonds. The Kier molecular flexibility index (Phi) is 2.77. The number of hydrogen-bond donors (Lipinski definition) is 0. The normalized spacial score (nSPS) is 9.50. The number of hydrogen-bond acceptors (Lipinski definition) is 3. The zero-order valence-electron chi connectivity index (χ0n) is 7.45. The minimum absolute atomic E-state index is 0.0737. The molecular weight excluding hydrogens is 187 g/mol. The van der Waals surface area contributed by atoms with E-state index >= 15 is 0 Å². The van der Waals surface area contributed by atoms with Crippen LogP contribution < -0.4 is 0 Å². The molecule has 0 aromatic heterocycles. The van der Waals surface area contributed by atoms with E-state index in [0.717, 1.165) is 6.07 Å². The molecule has 0 radical (unpaired) electrons. The quantitative estimate of drug-likeness (QED) is 0.534. The van der Waals surface area contributed by atoms with Gasteiger partial charge < -0.3 is 0 Å². The summed E-state index contributed by atoms with van der Waals surface area (Å²) in [5, 5.41) is 18.7. The summed E-state index contributed by atoms with van der Waals surface area (Å²) >= 11 is 0. The molecule has 14 heavy (non-hydrogen) atoms. The molecule has 0 atom stereocenters. The maximum atomic E-state index is 13.2. The van der Waals surface area contributed by atoms with Crippen molar-refractivity contribution in [3.8, 4) is 6.07 Å². The number of nitrogens with zero attached hydrogens (tertiary/aromatic N) is 2. The maximum absolute atomic E-state index is 13.2. The number of nitro groups is 1. The lowest BCUT2D eigenvalue weighted by Crippen LogP contribution is -1.97. The number of nitriles is 1. The second kappa shape index (κ2) is 3.83. The van der Waals surface area contributed by atoms with Crippen molar-refractivity contribution in [3.63, 3.8) is 0 Å². The van der Waals surface area contributed by atoms with Gasteiger partial charge in [-0.05, 0) is 12.5 Å². The van der Waals surface area contributed by atoms with Crippen LogP contribution in [0.4, 0.5) is 10.1 Å². The minimum Gasteiger partial charge on any atom is -0.258 e. The molecule has 0 aliphatic carbocycles. The first-order valence-electron chi connectivity index (χ1n) is 3.86. The minimum atomic E-state index is -0.696. The summed E-state index contributed by atoms with van der Waals surface area (Å²) < 4.78 is 13.2. The lowest BCUT2D eigenvalue weighted by Gasteiger charge is -2.02. The molecule has 0 aliphatic heterocycles.